The minimum atomic E-state index is -0.439. The maximum Gasteiger partial charge on any atom is 0.274 e. The van der Waals surface area contributed by atoms with Gasteiger partial charge in [-0.3, -0.25) is 14.3 Å². The second kappa shape index (κ2) is 7.16. The van der Waals surface area contributed by atoms with Crippen LogP contribution in [0.4, 0.5) is 5.69 Å². The molecule has 184 valence electrons. The molecule has 0 aromatic carbocycles. The standard InChI is InChI=1S/C26H31N5O4/c1-15(2)35-22-17(21(32)27-18-7-6-8-30(23(18)33)19-10-24(19,3)4)9-16-11-31(29-20(16)28-22)26-12-25(5,13-26)34-14-26/h6-9,11,15,19H,10,12-14H2,1-5H3,(H,27,32)/t19-,25?,26?/m0/s1. The molecule has 4 fully saturated rings. The Bertz CT molecular complexity index is 1410. The Balaban J connectivity index is 1.34. The van der Waals surface area contributed by atoms with E-state index in [1.165, 1.54) is 0 Å². The Morgan fingerprint density at radius 3 is 2.66 bits per heavy atom. The number of rotatable bonds is 6. The van der Waals surface area contributed by atoms with Gasteiger partial charge in [-0.2, -0.15) is 10.1 Å². The molecule has 9 heteroatoms. The predicted molar refractivity (Wildman–Crippen MR) is 131 cm³/mol. The normalized spacial score (nSPS) is 28.2. The first-order valence-corrected chi connectivity index (χ1v) is 12.2. The molecule has 0 radical (unpaired) electrons. The van der Waals surface area contributed by atoms with Crippen molar-refractivity contribution in [2.75, 3.05) is 11.9 Å². The third-order valence-electron chi connectivity index (χ3n) is 7.65. The second-order valence-electron chi connectivity index (χ2n) is 11.6. The first kappa shape index (κ1) is 22.3. The van der Waals surface area contributed by atoms with Crippen molar-refractivity contribution in [3.63, 3.8) is 0 Å². The molecule has 1 N–H and O–H groups in total. The molecule has 0 spiro atoms. The molecular weight excluding hydrogens is 446 g/mol. The van der Waals surface area contributed by atoms with Gasteiger partial charge in [-0.05, 0) is 50.8 Å². The van der Waals surface area contributed by atoms with E-state index in [-0.39, 0.29) is 51.4 Å². The summed E-state index contributed by atoms with van der Waals surface area (Å²) in [5.41, 5.74) is 0.682. The van der Waals surface area contributed by atoms with Crippen molar-refractivity contribution in [3.05, 3.63) is 46.5 Å². The van der Waals surface area contributed by atoms with Gasteiger partial charge in [0.15, 0.2) is 5.65 Å². The lowest BCUT2D eigenvalue weighted by Gasteiger charge is -2.42. The van der Waals surface area contributed by atoms with Crippen LogP contribution in [-0.4, -0.2) is 43.6 Å². The van der Waals surface area contributed by atoms with E-state index in [1.807, 2.05) is 24.7 Å². The molecule has 4 aliphatic rings. The van der Waals surface area contributed by atoms with Crippen molar-refractivity contribution in [3.8, 4) is 5.88 Å². The summed E-state index contributed by atoms with van der Waals surface area (Å²) in [6, 6.07) is 5.31. The van der Waals surface area contributed by atoms with E-state index >= 15 is 0 Å². The number of carbonyl (C=O) groups excluding carboxylic acids is 1. The fourth-order valence-electron chi connectivity index (χ4n) is 5.69. The number of hydrogen-bond donors (Lipinski definition) is 1. The zero-order chi connectivity index (χ0) is 24.8. The minimum Gasteiger partial charge on any atom is -0.474 e. The largest absolute Gasteiger partial charge is 0.474 e. The molecule has 5 heterocycles. The quantitative estimate of drug-likeness (QED) is 0.578. The zero-order valence-corrected chi connectivity index (χ0v) is 20.8. The highest BCUT2D eigenvalue weighted by Gasteiger charge is 2.61. The number of anilines is 1. The Kier molecular flexibility index (Phi) is 4.56. The Labute approximate surface area is 203 Å². The first-order valence-electron chi connectivity index (χ1n) is 12.2. The molecule has 2 saturated carbocycles. The summed E-state index contributed by atoms with van der Waals surface area (Å²) < 4.78 is 15.5. The number of pyridine rings is 2. The number of fused-ring (bicyclic) bond motifs is 2. The summed E-state index contributed by atoms with van der Waals surface area (Å²) in [6.07, 6.45) is 6.28. The van der Waals surface area contributed by atoms with Gasteiger partial charge < -0.3 is 19.4 Å². The molecule has 0 unspecified atom stereocenters. The number of nitrogens with one attached hydrogen (secondary N) is 1. The summed E-state index contributed by atoms with van der Waals surface area (Å²) in [5, 5.41) is 8.25. The van der Waals surface area contributed by atoms with Gasteiger partial charge in [0.25, 0.3) is 11.5 Å². The Morgan fingerprint density at radius 1 is 1.29 bits per heavy atom. The highest BCUT2D eigenvalue weighted by Crippen LogP contribution is 2.56. The van der Waals surface area contributed by atoms with Crippen molar-refractivity contribution < 1.29 is 14.3 Å². The van der Waals surface area contributed by atoms with E-state index in [2.05, 4.69) is 31.1 Å². The van der Waals surface area contributed by atoms with Crippen LogP contribution in [0.3, 0.4) is 0 Å². The molecule has 3 aromatic heterocycles. The molecule has 2 aliphatic heterocycles. The molecular formula is C26H31N5O4. The SMILES string of the molecule is CC(C)Oc1nc2nn(C34COC(C)(C3)C4)cc2cc1C(=O)Nc1cccn([C@H]2CC2(C)C)c1=O. The molecule has 35 heavy (non-hydrogen) atoms. The van der Waals surface area contributed by atoms with Crippen LogP contribution in [0.25, 0.3) is 11.0 Å². The number of ether oxygens (including phenoxy) is 2. The third kappa shape index (κ3) is 3.55. The van der Waals surface area contributed by atoms with Crippen molar-refractivity contribution >= 4 is 22.6 Å². The van der Waals surface area contributed by atoms with Gasteiger partial charge in [-0.25, -0.2) is 0 Å². The fourth-order valence-corrected chi connectivity index (χ4v) is 5.69. The van der Waals surface area contributed by atoms with Gasteiger partial charge in [0.1, 0.15) is 11.3 Å². The maximum absolute atomic E-state index is 13.4. The van der Waals surface area contributed by atoms with E-state index in [4.69, 9.17) is 14.6 Å². The van der Waals surface area contributed by atoms with Crippen LogP contribution in [0.2, 0.25) is 0 Å². The van der Waals surface area contributed by atoms with Crippen LogP contribution in [0.1, 0.15) is 70.3 Å². The second-order valence-corrected chi connectivity index (χ2v) is 11.6. The van der Waals surface area contributed by atoms with Crippen LogP contribution >= 0.6 is 0 Å². The minimum absolute atomic E-state index is 0.0687. The number of amides is 1. The van der Waals surface area contributed by atoms with E-state index in [1.54, 1.807) is 29.0 Å². The summed E-state index contributed by atoms with van der Waals surface area (Å²) in [6.45, 7) is 10.8. The highest BCUT2D eigenvalue weighted by molar-refractivity contribution is 6.07. The lowest BCUT2D eigenvalue weighted by Crippen LogP contribution is -2.49. The van der Waals surface area contributed by atoms with Crippen molar-refractivity contribution in [2.45, 2.75) is 77.2 Å². The van der Waals surface area contributed by atoms with Crippen molar-refractivity contribution in [1.29, 1.82) is 0 Å². The first-order chi connectivity index (χ1) is 16.5. The molecule has 9 nitrogen and oxygen atoms in total. The van der Waals surface area contributed by atoms with Crippen LogP contribution in [0.15, 0.2) is 35.4 Å². The summed E-state index contributed by atoms with van der Waals surface area (Å²) in [7, 11) is 0. The number of nitrogens with zero attached hydrogens (tertiary/aromatic N) is 4. The number of hydrogen-bond acceptors (Lipinski definition) is 6. The lowest BCUT2D eigenvalue weighted by molar-refractivity contribution is 0.00381. The van der Waals surface area contributed by atoms with E-state index in [0.717, 1.165) is 24.6 Å². The zero-order valence-electron chi connectivity index (χ0n) is 20.8. The fraction of sp³-hybridized carbons (Fsp3) is 0.538. The average Bonchev–Trinajstić information content (AvgIpc) is 3.11. The van der Waals surface area contributed by atoms with Gasteiger partial charge >= 0.3 is 0 Å². The van der Waals surface area contributed by atoms with E-state index in [9.17, 15) is 9.59 Å². The van der Waals surface area contributed by atoms with Gasteiger partial charge in [0.2, 0.25) is 5.88 Å². The number of aromatic nitrogens is 4. The van der Waals surface area contributed by atoms with Crippen LogP contribution in [0, 0.1) is 5.41 Å². The summed E-state index contributed by atoms with van der Waals surface area (Å²) >= 11 is 0. The monoisotopic (exact) mass is 477 g/mol. The highest BCUT2D eigenvalue weighted by atomic mass is 16.5. The topological polar surface area (TPSA) is 100 Å². The van der Waals surface area contributed by atoms with Crippen LogP contribution < -0.4 is 15.6 Å². The molecule has 2 saturated heterocycles. The van der Waals surface area contributed by atoms with Crippen LogP contribution in [0.5, 0.6) is 5.88 Å². The molecule has 1 atom stereocenters. The molecule has 2 bridgehead atoms. The molecule has 1 amide bonds. The average molecular weight is 478 g/mol. The molecule has 7 rings (SSSR count). The van der Waals surface area contributed by atoms with Crippen molar-refractivity contribution in [2.24, 2.45) is 5.41 Å². The van der Waals surface area contributed by atoms with Crippen molar-refractivity contribution in [1.82, 2.24) is 19.3 Å². The lowest BCUT2D eigenvalue weighted by atomic mass is 9.69. The van der Waals surface area contributed by atoms with E-state index < -0.39 is 5.91 Å². The Morgan fingerprint density at radius 2 is 2.03 bits per heavy atom. The number of carbonyl (C=O) groups is 1. The van der Waals surface area contributed by atoms with E-state index in [0.29, 0.717) is 12.3 Å². The van der Waals surface area contributed by atoms with Crippen LogP contribution in [-0.2, 0) is 10.3 Å². The van der Waals surface area contributed by atoms with Gasteiger partial charge in [0.05, 0.1) is 23.9 Å². The predicted octanol–water partition coefficient (Wildman–Crippen LogP) is 3.88. The summed E-state index contributed by atoms with van der Waals surface area (Å²) in [4.78, 5) is 31.1. The summed E-state index contributed by atoms with van der Waals surface area (Å²) in [5.74, 6) is -0.236. The van der Waals surface area contributed by atoms with Gasteiger partial charge in [-0.1, -0.05) is 13.8 Å². The maximum atomic E-state index is 13.4. The third-order valence-corrected chi connectivity index (χ3v) is 7.65. The molecule has 3 aromatic rings. The smallest absolute Gasteiger partial charge is 0.274 e. The van der Waals surface area contributed by atoms with Gasteiger partial charge in [-0.15, -0.1) is 0 Å². The Hall–Kier alpha value is -3.20. The van der Waals surface area contributed by atoms with Gasteiger partial charge in [0, 0.05) is 36.7 Å². The molecule has 2 aliphatic carbocycles.